The van der Waals surface area contributed by atoms with Gasteiger partial charge >= 0.3 is 0 Å². The number of ether oxygens (including phenoxy) is 1. The van der Waals surface area contributed by atoms with Crippen molar-refractivity contribution in [2.45, 2.75) is 13.5 Å². The number of nitrogens with zero attached hydrogens (tertiary/aromatic N) is 1. The number of nitrogens with one attached hydrogen (secondary N) is 1. The van der Waals surface area contributed by atoms with Crippen molar-refractivity contribution in [1.29, 1.82) is 0 Å². The minimum absolute atomic E-state index is 0.204. The summed E-state index contributed by atoms with van der Waals surface area (Å²) in [5.74, 6) is 0. The number of hydrogen-bond acceptors (Lipinski definition) is 3. The largest absolute Gasteiger partial charge is 0.393 e. The van der Waals surface area contributed by atoms with Gasteiger partial charge in [0.2, 0.25) is 0 Å². The van der Waals surface area contributed by atoms with E-state index < -0.39 is 0 Å². The molecule has 2 rings (SSSR count). The van der Waals surface area contributed by atoms with Gasteiger partial charge in [-0.25, -0.2) is 4.68 Å². The van der Waals surface area contributed by atoms with Gasteiger partial charge in [-0.15, -0.1) is 0 Å². The maximum atomic E-state index is 12.0. The van der Waals surface area contributed by atoms with Crippen LogP contribution in [0.3, 0.4) is 0 Å². The highest BCUT2D eigenvalue weighted by molar-refractivity contribution is 5.46. The van der Waals surface area contributed by atoms with E-state index in [2.05, 4.69) is 5.10 Å². The summed E-state index contributed by atoms with van der Waals surface area (Å²) in [7, 11) is 1.56. The molecule has 5 heteroatoms. The molecular formula is C12H15N3O2. The number of nitrogens with two attached hydrogens (primary N) is 1. The SMILES string of the molecule is COCc1[nH]n(-c2ccccc2C)c(=O)c1N. The van der Waals surface area contributed by atoms with Gasteiger partial charge in [0.15, 0.2) is 0 Å². The second-order valence-electron chi connectivity index (χ2n) is 3.86. The van der Waals surface area contributed by atoms with Crippen molar-refractivity contribution < 1.29 is 4.74 Å². The fourth-order valence-corrected chi connectivity index (χ4v) is 1.73. The van der Waals surface area contributed by atoms with E-state index in [1.54, 1.807) is 7.11 Å². The molecule has 0 spiro atoms. The summed E-state index contributed by atoms with van der Waals surface area (Å²) in [6, 6.07) is 7.60. The van der Waals surface area contributed by atoms with Crippen LogP contribution in [0.5, 0.6) is 0 Å². The van der Waals surface area contributed by atoms with Gasteiger partial charge in [0.1, 0.15) is 5.69 Å². The molecule has 0 aliphatic carbocycles. The normalized spacial score (nSPS) is 10.7. The number of H-pyrrole nitrogens is 1. The van der Waals surface area contributed by atoms with Crippen LogP contribution in [0.4, 0.5) is 5.69 Å². The van der Waals surface area contributed by atoms with Crippen molar-refractivity contribution in [1.82, 2.24) is 9.78 Å². The van der Waals surface area contributed by atoms with Crippen LogP contribution in [-0.4, -0.2) is 16.9 Å². The zero-order valence-electron chi connectivity index (χ0n) is 9.86. The van der Waals surface area contributed by atoms with Crippen LogP contribution >= 0.6 is 0 Å². The molecule has 0 saturated carbocycles. The topological polar surface area (TPSA) is 73.0 Å². The molecule has 1 heterocycles. The van der Waals surface area contributed by atoms with E-state index in [0.29, 0.717) is 12.3 Å². The smallest absolute Gasteiger partial charge is 0.294 e. The molecular weight excluding hydrogens is 218 g/mol. The van der Waals surface area contributed by atoms with Gasteiger partial charge in [-0.1, -0.05) is 18.2 Å². The van der Waals surface area contributed by atoms with Gasteiger partial charge in [-0.3, -0.25) is 9.89 Å². The van der Waals surface area contributed by atoms with Gasteiger partial charge in [-0.2, -0.15) is 0 Å². The molecule has 0 saturated heterocycles. The van der Waals surface area contributed by atoms with E-state index >= 15 is 0 Å². The first-order chi connectivity index (χ1) is 8.15. The third-order valence-electron chi connectivity index (χ3n) is 2.65. The molecule has 0 fully saturated rings. The molecule has 17 heavy (non-hydrogen) atoms. The van der Waals surface area contributed by atoms with Crippen molar-refractivity contribution in [3.05, 3.63) is 45.9 Å². The molecule has 0 amide bonds. The average molecular weight is 233 g/mol. The van der Waals surface area contributed by atoms with E-state index in [9.17, 15) is 4.79 Å². The lowest BCUT2D eigenvalue weighted by Crippen LogP contribution is -2.17. The highest BCUT2D eigenvalue weighted by atomic mass is 16.5. The number of rotatable bonds is 3. The molecule has 0 bridgehead atoms. The number of aromatic nitrogens is 2. The van der Waals surface area contributed by atoms with Crippen molar-refractivity contribution in [2.75, 3.05) is 12.8 Å². The van der Waals surface area contributed by atoms with Crippen molar-refractivity contribution in [3.63, 3.8) is 0 Å². The van der Waals surface area contributed by atoms with E-state index in [1.165, 1.54) is 4.68 Å². The number of aromatic amines is 1. The van der Waals surface area contributed by atoms with Gasteiger partial charge in [-0.05, 0) is 18.6 Å². The molecule has 0 aliphatic rings. The summed E-state index contributed by atoms with van der Waals surface area (Å²) in [5, 5.41) is 2.96. The quantitative estimate of drug-likeness (QED) is 0.836. The number of benzene rings is 1. The van der Waals surface area contributed by atoms with Crippen LogP contribution in [0.2, 0.25) is 0 Å². The predicted octanol–water partition coefficient (Wildman–Crippen LogP) is 1.20. The highest BCUT2D eigenvalue weighted by Crippen LogP contribution is 2.13. The van der Waals surface area contributed by atoms with E-state index in [4.69, 9.17) is 10.5 Å². The Kier molecular flexibility index (Phi) is 3.01. The van der Waals surface area contributed by atoms with E-state index in [1.807, 2.05) is 31.2 Å². The Balaban J connectivity index is 2.58. The Morgan fingerprint density at radius 2 is 2.12 bits per heavy atom. The van der Waals surface area contributed by atoms with Crippen LogP contribution in [0.1, 0.15) is 11.3 Å². The highest BCUT2D eigenvalue weighted by Gasteiger charge is 2.12. The van der Waals surface area contributed by atoms with Gasteiger partial charge in [0.25, 0.3) is 5.56 Å². The fraction of sp³-hybridized carbons (Fsp3) is 0.250. The first-order valence-electron chi connectivity index (χ1n) is 5.29. The maximum Gasteiger partial charge on any atom is 0.294 e. The monoisotopic (exact) mass is 233 g/mol. The first kappa shape index (κ1) is 11.5. The summed E-state index contributed by atoms with van der Waals surface area (Å²) >= 11 is 0. The summed E-state index contributed by atoms with van der Waals surface area (Å²) in [6.07, 6.45) is 0. The standard InChI is InChI=1S/C12H15N3O2/c1-8-5-3-4-6-10(8)15-12(16)11(13)9(14-15)7-17-2/h3-6,14H,7,13H2,1-2H3. The molecule has 0 radical (unpaired) electrons. The van der Waals surface area contributed by atoms with Gasteiger partial charge in [0, 0.05) is 7.11 Å². The van der Waals surface area contributed by atoms with Crippen LogP contribution in [0.15, 0.2) is 29.1 Å². The Hall–Kier alpha value is -2.01. The summed E-state index contributed by atoms with van der Waals surface area (Å²) in [5.41, 5.74) is 8.09. The van der Waals surface area contributed by atoms with Crippen molar-refractivity contribution >= 4 is 5.69 Å². The van der Waals surface area contributed by atoms with Crippen LogP contribution < -0.4 is 11.3 Å². The molecule has 90 valence electrons. The van der Waals surface area contributed by atoms with Crippen molar-refractivity contribution in [2.24, 2.45) is 0 Å². The van der Waals surface area contributed by atoms with Crippen molar-refractivity contribution in [3.8, 4) is 5.69 Å². The number of aryl methyl sites for hydroxylation is 1. The molecule has 0 atom stereocenters. The maximum absolute atomic E-state index is 12.0. The third kappa shape index (κ3) is 1.97. The number of anilines is 1. The Bertz CT molecular complexity index is 584. The number of nitrogen functional groups attached to an aromatic ring is 1. The van der Waals surface area contributed by atoms with E-state index in [-0.39, 0.29) is 11.2 Å². The van der Waals surface area contributed by atoms with Crippen LogP contribution in [-0.2, 0) is 11.3 Å². The predicted molar refractivity (Wildman–Crippen MR) is 66.3 cm³/mol. The van der Waals surface area contributed by atoms with Crippen LogP contribution in [0.25, 0.3) is 5.69 Å². The minimum Gasteiger partial charge on any atom is -0.393 e. The first-order valence-corrected chi connectivity index (χ1v) is 5.29. The van der Waals surface area contributed by atoms with Crippen LogP contribution in [0, 0.1) is 6.92 Å². The zero-order valence-corrected chi connectivity index (χ0v) is 9.86. The lowest BCUT2D eigenvalue weighted by atomic mass is 10.2. The average Bonchev–Trinajstić information content (AvgIpc) is 2.59. The lowest BCUT2D eigenvalue weighted by Gasteiger charge is -2.05. The lowest BCUT2D eigenvalue weighted by molar-refractivity contribution is 0.181. The molecule has 1 aromatic heterocycles. The fourth-order valence-electron chi connectivity index (χ4n) is 1.73. The number of hydrogen-bond donors (Lipinski definition) is 2. The molecule has 0 aliphatic heterocycles. The molecule has 3 N–H and O–H groups in total. The second-order valence-corrected chi connectivity index (χ2v) is 3.86. The molecule has 1 aromatic carbocycles. The number of methoxy groups -OCH3 is 1. The number of para-hydroxylation sites is 1. The molecule has 2 aromatic rings. The third-order valence-corrected chi connectivity index (χ3v) is 2.65. The Labute approximate surface area is 98.8 Å². The van der Waals surface area contributed by atoms with Gasteiger partial charge < -0.3 is 10.5 Å². The Morgan fingerprint density at radius 1 is 1.41 bits per heavy atom. The van der Waals surface area contributed by atoms with Gasteiger partial charge in [0.05, 0.1) is 18.0 Å². The summed E-state index contributed by atoms with van der Waals surface area (Å²) in [6.45, 7) is 2.23. The zero-order chi connectivity index (χ0) is 12.4. The molecule has 0 unspecified atom stereocenters. The second kappa shape index (κ2) is 4.47. The Morgan fingerprint density at radius 3 is 2.76 bits per heavy atom. The van der Waals surface area contributed by atoms with E-state index in [0.717, 1.165) is 11.3 Å². The summed E-state index contributed by atoms with van der Waals surface area (Å²) in [4.78, 5) is 12.0. The molecule has 5 nitrogen and oxygen atoms in total. The summed E-state index contributed by atoms with van der Waals surface area (Å²) < 4.78 is 6.42. The minimum atomic E-state index is -0.244.